The predicted octanol–water partition coefficient (Wildman–Crippen LogP) is 0.751. The lowest BCUT2D eigenvalue weighted by molar-refractivity contribution is -0.141. The van der Waals surface area contributed by atoms with E-state index in [2.05, 4.69) is 0 Å². The minimum atomic E-state index is -0.0195. The molecule has 2 amide bonds. The molecule has 0 aromatic rings. The SMILES string of the molecule is CCC(=O)CCCN1C(=O)C2CC2C1=O. The number of hydrogen-bond donors (Lipinski definition) is 0. The van der Waals surface area contributed by atoms with Gasteiger partial charge in [0.25, 0.3) is 0 Å². The standard InChI is InChI=1S/C11H15NO3/c1-2-7(13)4-3-5-12-10(14)8-6-9(8)11(12)15/h8-9H,2-6H2,1H3. The molecule has 1 aliphatic carbocycles. The van der Waals surface area contributed by atoms with E-state index in [1.165, 1.54) is 4.90 Å². The van der Waals surface area contributed by atoms with E-state index in [1.807, 2.05) is 6.92 Å². The minimum Gasteiger partial charge on any atom is -0.300 e. The minimum absolute atomic E-state index is 0.0145. The summed E-state index contributed by atoms with van der Waals surface area (Å²) in [5.41, 5.74) is 0. The molecule has 0 spiro atoms. The van der Waals surface area contributed by atoms with Gasteiger partial charge < -0.3 is 0 Å². The first-order chi connectivity index (χ1) is 7.15. The molecular formula is C11H15NO3. The highest BCUT2D eigenvalue weighted by atomic mass is 16.2. The fourth-order valence-electron chi connectivity index (χ4n) is 2.08. The van der Waals surface area contributed by atoms with Crippen molar-refractivity contribution in [2.45, 2.75) is 32.6 Å². The second-order valence-electron chi connectivity index (χ2n) is 4.27. The number of nitrogens with zero attached hydrogens (tertiary/aromatic N) is 1. The first-order valence-corrected chi connectivity index (χ1v) is 5.52. The summed E-state index contributed by atoms with van der Waals surface area (Å²) in [5.74, 6) is 0.126. The number of carbonyl (C=O) groups is 3. The van der Waals surface area contributed by atoms with Gasteiger partial charge in [-0.3, -0.25) is 19.3 Å². The van der Waals surface area contributed by atoms with Crippen LogP contribution in [0.1, 0.15) is 32.6 Å². The maximum Gasteiger partial charge on any atom is 0.233 e. The highest BCUT2D eigenvalue weighted by Crippen LogP contribution is 2.46. The van der Waals surface area contributed by atoms with Gasteiger partial charge in [-0.15, -0.1) is 0 Å². The Bertz CT molecular complexity index is 304. The lowest BCUT2D eigenvalue weighted by atomic mass is 10.2. The number of piperidine rings is 1. The van der Waals surface area contributed by atoms with Crippen molar-refractivity contribution >= 4 is 17.6 Å². The molecule has 0 aromatic carbocycles. The molecule has 1 saturated carbocycles. The maximum atomic E-state index is 11.5. The summed E-state index contributed by atoms with van der Waals surface area (Å²) < 4.78 is 0. The third kappa shape index (κ3) is 1.80. The number of rotatable bonds is 5. The van der Waals surface area contributed by atoms with Gasteiger partial charge in [-0.1, -0.05) is 6.92 Å². The van der Waals surface area contributed by atoms with Crippen LogP contribution >= 0.6 is 0 Å². The Hall–Kier alpha value is -1.19. The highest BCUT2D eigenvalue weighted by Gasteiger charge is 2.58. The van der Waals surface area contributed by atoms with E-state index in [0.29, 0.717) is 25.8 Å². The van der Waals surface area contributed by atoms with Crippen molar-refractivity contribution in [1.29, 1.82) is 0 Å². The van der Waals surface area contributed by atoms with Gasteiger partial charge in [-0.2, -0.15) is 0 Å². The van der Waals surface area contributed by atoms with Crippen LogP contribution in [0.2, 0.25) is 0 Å². The van der Waals surface area contributed by atoms with Crippen molar-refractivity contribution in [2.75, 3.05) is 6.54 Å². The van der Waals surface area contributed by atoms with E-state index < -0.39 is 0 Å². The molecule has 2 aliphatic rings. The summed E-state index contributed by atoms with van der Waals surface area (Å²) in [6.45, 7) is 2.25. The average molecular weight is 209 g/mol. The topological polar surface area (TPSA) is 54.5 Å². The molecule has 4 nitrogen and oxygen atoms in total. The Morgan fingerprint density at radius 3 is 2.47 bits per heavy atom. The number of carbonyl (C=O) groups excluding carboxylic acids is 3. The van der Waals surface area contributed by atoms with Crippen LogP contribution in [0.4, 0.5) is 0 Å². The van der Waals surface area contributed by atoms with Gasteiger partial charge >= 0.3 is 0 Å². The van der Waals surface area contributed by atoms with E-state index in [0.717, 1.165) is 6.42 Å². The molecule has 1 saturated heterocycles. The van der Waals surface area contributed by atoms with Crippen molar-refractivity contribution in [2.24, 2.45) is 11.8 Å². The van der Waals surface area contributed by atoms with Crippen LogP contribution in [0.5, 0.6) is 0 Å². The number of likely N-dealkylation sites (tertiary alicyclic amines) is 1. The molecule has 82 valence electrons. The van der Waals surface area contributed by atoms with E-state index in [9.17, 15) is 14.4 Å². The van der Waals surface area contributed by atoms with Gasteiger partial charge in [0.05, 0.1) is 11.8 Å². The fourth-order valence-corrected chi connectivity index (χ4v) is 2.08. The van der Waals surface area contributed by atoms with Crippen molar-refractivity contribution in [3.63, 3.8) is 0 Å². The van der Waals surface area contributed by atoms with Crippen molar-refractivity contribution in [1.82, 2.24) is 4.90 Å². The molecule has 2 fully saturated rings. The van der Waals surface area contributed by atoms with Gasteiger partial charge in [0.2, 0.25) is 11.8 Å². The van der Waals surface area contributed by atoms with Crippen LogP contribution in [-0.2, 0) is 14.4 Å². The summed E-state index contributed by atoms with van der Waals surface area (Å²) in [6.07, 6.45) is 2.38. The Labute approximate surface area is 88.6 Å². The maximum absolute atomic E-state index is 11.5. The largest absolute Gasteiger partial charge is 0.300 e. The summed E-state index contributed by atoms with van der Waals surface area (Å²) >= 11 is 0. The summed E-state index contributed by atoms with van der Waals surface area (Å²) in [5, 5.41) is 0. The van der Waals surface area contributed by atoms with Crippen LogP contribution in [0.25, 0.3) is 0 Å². The molecule has 1 heterocycles. The molecule has 15 heavy (non-hydrogen) atoms. The van der Waals surface area contributed by atoms with Gasteiger partial charge in [0, 0.05) is 19.4 Å². The number of amides is 2. The van der Waals surface area contributed by atoms with Gasteiger partial charge in [-0.05, 0) is 12.8 Å². The Kier molecular flexibility index (Phi) is 2.59. The quantitative estimate of drug-likeness (QED) is 0.628. The molecule has 4 heteroatoms. The smallest absolute Gasteiger partial charge is 0.233 e. The fraction of sp³-hybridized carbons (Fsp3) is 0.727. The molecule has 0 bridgehead atoms. The Morgan fingerprint density at radius 2 is 1.93 bits per heavy atom. The number of ketones is 1. The van der Waals surface area contributed by atoms with Gasteiger partial charge in [0.1, 0.15) is 5.78 Å². The Balaban J connectivity index is 1.78. The van der Waals surface area contributed by atoms with Crippen LogP contribution in [-0.4, -0.2) is 29.0 Å². The lowest BCUT2D eigenvalue weighted by Gasteiger charge is -2.15. The summed E-state index contributed by atoms with van der Waals surface area (Å²) in [7, 11) is 0. The average Bonchev–Trinajstić information content (AvgIpc) is 2.97. The zero-order valence-corrected chi connectivity index (χ0v) is 8.86. The van der Waals surface area contributed by atoms with Crippen molar-refractivity contribution in [3.05, 3.63) is 0 Å². The van der Waals surface area contributed by atoms with Crippen LogP contribution in [0.3, 0.4) is 0 Å². The first kappa shape index (κ1) is 10.3. The molecule has 2 unspecified atom stereocenters. The molecule has 2 rings (SSSR count). The van der Waals surface area contributed by atoms with Crippen molar-refractivity contribution in [3.8, 4) is 0 Å². The van der Waals surface area contributed by atoms with E-state index >= 15 is 0 Å². The van der Waals surface area contributed by atoms with E-state index in [1.54, 1.807) is 0 Å². The molecular weight excluding hydrogens is 194 g/mol. The Morgan fingerprint density at radius 1 is 1.33 bits per heavy atom. The molecule has 2 atom stereocenters. The molecule has 0 aromatic heterocycles. The van der Waals surface area contributed by atoms with E-state index in [4.69, 9.17) is 0 Å². The summed E-state index contributed by atoms with van der Waals surface area (Å²) in [6, 6.07) is 0. The predicted molar refractivity (Wildman–Crippen MR) is 52.8 cm³/mol. The normalized spacial score (nSPS) is 28.2. The second-order valence-corrected chi connectivity index (χ2v) is 4.27. The zero-order chi connectivity index (χ0) is 11.0. The van der Waals surface area contributed by atoms with Gasteiger partial charge in [0.15, 0.2) is 0 Å². The number of fused-ring (bicyclic) bond motifs is 1. The first-order valence-electron chi connectivity index (χ1n) is 5.52. The number of imide groups is 1. The molecule has 0 N–H and O–H groups in total. The molecule has 0 radical (unpaired) electrons. The number of Topliss-reactive ketones (excluding diaryl/α,β-unsaturated/α-hetero) is 1. The van der Waals surface area contributed by atoms with Crippen LogP contribution < -0.4 is 0 Å². The van der Waals surface area contributed by atoms with E-state index in [-0.39, 0.29) is 29.4 Å². The highest BCUT2D eigenvalue weighted by molar-refractivity contribution is 6.08. The van der Waals surface area contributed by atoms with Crippen LogP contribution in [0.15, 0.2) is 0 Å². The second kappa shape index (κ2) is 3.76. The third-order valence-electron chi connectivity index (χ3n) is 3.19. The lowest BCUT2D eigenvalue weighted by Crippen LogP contribution is -2.33. The molecule has 1 aliphatic heterocycles. The zero-order valence-electron chi connectivity index (χ0n) is 8.86. The monoisotopic (exact) mass is 209 g/mol. The van der Waals surface area contributed by atoms with Gasteiger partial charge in [-0.25, -0.2) is 0 Å². The third-order valence-corrected chi connectivity index (χ3v) is 3.19. The van der Waals surface area contributed by atoms with Crippen LogP contribution in [0, 0.1) is 11.8 Å². The van der Waals surface area contributed by atoms with Crippen molar-refractivity contribution < 1.29 is 14.4 Å². The summed E-state index contributed by atoms with van der Waals surface area (Å²) in [4.78, 5) is 35.4. The number of hydrogen-bond acceptors (Lipinski definition) is 3.